The standard InChI is InChI=1S/C18H17Cl2N3S2/c1-3-23-18(25-16-9-13(19)8-14(20)10-16)17(12(2)22-23)11-24-15-4-6-21-7-5-15/h4-10H,3,11H2,1-2H3. The van der Waals surface area contributed by atoms with Gasteiger partial charge in [-0.1, -0.05) is 35.0 Å². The minimum absolute atomic E-state index is 0.641. The van der Waals surface area contributed by atoms with Crippen molar-refractivity contribution < 1.29 is 0 Å². The van der Waals surface area contributed by atoms with Gasteiger partial charge in [0.1, 0.15) is 5.03 Å². The Kier molecular flexibility index (Phi) is 6.34. The number of benzene rings is 1. The first-order valence-corrected chi connectivity index (χ1v) is 10.4. The van der Waals surface area contributed by atoms with E-state index in [1.54, 1.807) is 29.6 Å². The summed E-state index contributed by atoms with van der Waals surface area (Å²) in [6.45, 7) is 4.97. The third-order valence-electron chi connectivity index (χ3n) is 3.58. The zero-order chi connectivity index (χ0) is 17.8. The van der Waals surface area contributed by atoms with E-state index in [2.05, 4.69) is 23.9 Å². The molecule has 2 heterocycles. The Morgan fingerprint density at radius 2 is 1.72 bits per heavy atom. The fraction of sp³-hybridized carbons (Fsp3) is 0.222. The number of pyridine rings is 1. The Bertz CT molecular complexity index is 846. The van der Waals surface area contributed by atoms with E-state index in [0.717, 1.165) is 27.9 Å². The molecule has 3 rings (SSSR count). The topological polar surface area (TPSA) is 30.7 Å². The number of hydrogen-bond acceptors (Lipinski definition) is 4. The van der Waals surface area contributed by atoms with Gasteiger partial charge in [-0.25, -0.2) is 0 Å². The molecule has 0 unspecified atom stereocenters. The average molecular weight is 410 g/mol. The van der Waals surface area contributed by atoms with Crippen LogP contribution >= 0.6 is 46.7 Å². The minimum Gasteiger partial charge on any atom is -0.265 e. The summed E-state index contributed by atoms with van der Waals surface area (Å²) in [5.74, 6) is 0.854. The van der Waals surface area contributed by atoms with Gasteiger partial charge < -0.3 is 0 Å². The van der Waals surface area contributed by atoms with Crippen molar-refractivity contribution in [3.05, 3.63) is 64.0 Å². The molecule has 0 N–H and O–H groups in total. The summed E-state index contributed by atoms with van der Waals surface area (Å²) >= 11 is 15.7. The van der Waals surface area contributed by atoms with E-state index >= 15 is 0 Å². The Hall–Kier alpha value is -1.14. The van der Waals surface area contributed by atoms with Crippen LogP contribution in [0.25, 0.3) is 0 Å². The Labute approximate surface area is 166 Å². The molecule has 0 aliphatic heterocycles. The van der Waals surface area contributed by atoms with Crippen molar-refractivity contribution in [1.29, 1.82) is 0 Å². The van der Waals surface area contributed by atoms with Crippen LogP contribution in [-0.2, 0) is 12.3 Å². The molecule has 7 heteroatoms. The second kappa shape index (κ2) is 8.49. The van der Waals surface area contributed by atoms with Crippen molar-refractivity contribution in [2.45, 2.75) is 41.0 Å². The number of nitrogens with zero attached hydrogens (tertiary/aromatic N) is 3. The summed E-state index contributed by atoms with van der Waals surface area (Å²) in [7, 11) is 0. The van der Waals surface area contributed by atoms with Gasteiger partial charge in [-0.2, -0.15) is 5.10 Å². The molecule has 0 amide bonds. The van der Waals surface area contributed by atoms with Gasteiger partial charge in [-0.3, -0.25) is 9.67 Å². The van der Waals surface area contributed by atoms with Crippen LogP contribution in [0.15, 0.2) is 57.5 Å². The Balaban J connectivity index is 1.89. The lowest BCUT2D eigenvalue weighted by molar-refractivity contribution is 0.600. The van der Waals surface area contributed by atoms with Gasteiger partial charge in [0.15, 0.2) is 0 Å². The van der Waals surface area contributed by atoms with Crippen molar-refractivity contribution >= 4 is 46.7 Å². The molecule has 3 aromatic rings. The molecule has 0 fully saturated rings. The monoisotopic (exact) mass is 409 g/mol. The number of aromatic nitrogens is 3. The predicted molar refractivity (Wildman–Crippen MR) is 107 cm³/mol. The van der Waals surface area contributed by atoms with E-state index in [4.69, 9.17) is 23.2 Å². The molecular formula is C18H17Cl2N3S2. The summed E-state index contributed by atoms with van der Waals surface area (Å²) in [6.07, 6.45) is 3.63. The van der Waals surface area contributed by atoms with Crippen molar-refractivity contribution in [2.75, 3.05) is 0 Å². The SMILES string of the molecule is CCn1nc(C)c(CSc2ccncc2)c1Sc1cc(Cl)cc(Cl)c1. The molecule has 0 aliphatic rings. The van der Waals surface area contributed by atoms with Crippen LogP contribution in [0.4, 0.5) is 0 Å². The van der Waals surface area contributed by atoms with Crippen LogP contribution < -0.4 is 0 Å². The number of rotatable bonds is 6. The van der Waals surface area contributed by atoms with Crippen molar-refractivity contribution in [1.82, 2.24) is 14.8 Å². The summed E-state index contributed by atoms with van der Waals surface area (Å²) in [4.78, 5) is 6.28. The average Bonchev–Trinajstić information content (AvgIpc) is 2.88. The van der Waals surface area contributed by atoms with Crippen molar-refractivity contribution in [3.8, 4) is 0 Å². The molecule has 0 spiro atoms. The molecule has 3 nitrogen and oxygen atoms in total. The number of aryl methyl sites for hydroxylation is 2. The fourth-order valence-corrected chi connectivity index (χ4v) is 5.31. The zero-order valence-electron chi connectivity index (χ0n) is 13.9. The third-order valence-corrected chi connectivity index (χ3v) is 6.18. The molecule has 0 saturated carbocycles. The largest absolute Gasteiger partial charge is 0.265 e. The lowest BCUT2D eigenvalue weighted by Gasteiger charge is -2.09. The number of thioether (sulfide) groups is 1. The zero-order valence-corrected chi connectivity index (χ0v) is 17.0. The molecule has 1 aromatic carbocycles. The molecule has 0 radical (unpaired) electrons. The Morgan fingerprint density at radius 3 is 2.36 bits per heavy atom. The van der Waals surface area contributed by atoms with Gasteiger partial charge in [0.05, 0.1) is 5.69 Å². The first-order chi connectivity index (χ1) is 12.1. The van der Waals surface area contributed by atoms with Crippen LogP contribution in [0.3, 0.4) is 0 Å². The highest BCUT2D eigenvalue weighted by Crippen LogP contribution is 2.37. The molecule has 0 atom stereocenters. The maximum atomic E-state index is 6.15. The predicted octanol–water partition coefficient (Wildman–Crippen LogP) is 6.36. The molecule has 2 aromatic heterocycles. The number of hydrogen-bond donors (Lipinski definition) is 0. The van der Waals surface area contributed by atoms with Gasteiger partial charge in [-0.05, 0) is 44.2 Å². The summed E-state index contributed by atoms with van der Waals surface area (Å²) < 4.78 is 2.04. The maximum absolute atomic E-state index is 6.15. The molecule has 0 bridgehead atoms. The second-order valence-corrected chi connectivity index (χ2v) is 8.35. The molecule has 0 saturated heterocycles. The highest BCUT2D eigenvalue weighted by atomic mass is 35.5. The summed E-state index contributed by atoms with van der Waals surface area (Å²) in [5, 5.41) is 7.11. The second-order valence-electron chi connectivity index (χ2n) is 5.36. The smallest absolute Gasteiger partial charge is 0.103 e. The molecule has 130 valence electrons. The number of halogens is 2. The molecule has 0 aliphatic carbocycles. The summed E-state index contributed by atoms with van der Waals surface area (Å²) in [5.41, 5.74) is 2.30. The van der Waals surface area contributed by atoms with E-state index < -0.39 is 0 Å². The van der Waals surface area contributed by atoms with E-state index in [0.29, 0.717) is 10.0 Å². The lowest BCUT2D eigenvalue weighted by Crippen LogP contribution is -1.98. The summed E-state index contributed by atoms with van der Waals surface area (Å²) in [6, 6.07) is 9.65. The van der Waals surface area contributed by atoms with Crippen LogP contribution in [-0.4, -0.2) is 14.8 Å². The van der Waals surface area contributed by atoms with Gasteiger partial charge >= 0.3 is 0 Å². The van der Waals surface area contributed by atoms with Gasteiger partial charge in [-0.15, -0.1) is 11.8 Å². The van der Waals surface area contributed by atoms with E-state index in [-0.39, 0.29) is 0 Å². The third kappa shape index (κ3) is 4.73. The minimum atomic E-state index is 0.641. The Morgan fingerprint density at radius 1 is 1.04 bits per heavy atom. The van der Waals surface area contributed by atoms with Crippen LogP contribution in [0.5, 0.6) is 0 Å². The highest BCUT2D eigenvalue weighted by molar-refractivity contribution is 8.00. The van der Waals surface area contributed by atoms with Gasteiger partial charge in [0.2, 0.25) is 0 Å². The highest BCUT2D eigenvalue weighted by Gasteiger charge is 2.16. The quantitative estimate of drug-likeness (QED) is 0.443. The fourth-order valence-electron chi connectivity index (χ4n) is 2.38. The van der Waals surface area contributed by atoms with Crippen LogP contribution in [0.2, 0.25) is 10.0 Å². The van der Waals surface area contributed by atoms with E-state index in [1.165, 1.54) is 10.5 Å². The van der Waals surface area contributed by atoms with Crippen LogP contribution in [0.1, 0.15) is 18.2 Å². The van der Waals surface area contributed by atoms with Crippen molar-refractivity contribution in [3.63, 3.8) is 0 Å². The van der Waals surface area contributed by atoms with E-state index in [1.807, 2.05) is 41.3 Å². The van der Waals surface area contributed by atoms with E-state index in [9.17, 15) is 0 Å². The first kappa shape index (κ1) is 18.6. The maximum Gasteiger partial charge on any atom is 0.103 e. The molecule has 25 heavy (non-hydrogen) atoms. The lowest BCUT2D eigenvalue weighted by atomic mass is 10.3. The van der Waals surface area contributed by atoms with Gasteiger partial charge in [0, 0.05) is 50.1 Å². The van der Waals surface area contributed by atoms with Gasteiger partial charge in [0.25, 0.3) is 0 Å². The van der Waals surface area contributed by atoms with Crippen molar-refractivity contribution in [2.24, 2.45) is 0 Å². The first-order valence-electron chi connectivity index (χ1n) is 7.80. The normalized spacial score (nSPS) is 11.0. The molecular weight excluding hydrogens is 393 g/mol. The van der Waals surface area contributed by atoms with Crippen LogP contribution in [0, 0.1) is 6.92 Å².